The van der Waals surface area contributed by atoms with Crippen molar-refractivity contribution >= 4 is 11.8 Å². The number of ether oxygens (including phenoxy) is 1. The molecule has 3 fully saturated rings. The van der Waals surface area contributed by atoms with Crippen molar-refractivity contribution < 1.29 is 14.3 Å². The van der Waals surface area contributed by atoms with Gasteiger partial charge in [0.15, 0.2) is 0 Å². The molecule has 3 heterocycles. The Labute approximate surface area is 150 Å². The molecule has 0 aromatic heterocycles. The van der Waals surface area contributed by atoms with Gasteiger partial charge in [0.05, 0.1) is 26.3 Å². The molecule has 0 aromatic carbocycles. The lowest BCUT2D eigenvalue weighted by atomic mass is 9.99. The Balaban J connectivity index is 1.35. The summed E-state index contributed by atoms with van der Waals surface area (Å²) in [5, 5.41) is 0. The molecule has 0 saturated carbocycles. The van der Waals surface area contributed by atoms with E-state index in [0.717, 1.165) is 58.0 Å². The maximum atomic E-state index is 12.4. The molecule has 0 aliphatic carbocycles. The van der Waals surface area contributed by atoms with Crippen LogP contribution in [0.2, 0.25) is 0 Å². The second kappa shape index (κ2) is 8.96. The number of nitrogens with zero attached hydrogens (tertiary/aromatic N) is 4. The summed E-state index contributed by atoms with van der Waals surface area (Å²) in [5.74, 6) is 1.22. The van der Waals surface area contributed by atoms with E-state index >= 15 is 0 Å². The Hall–Kier alpha value is -1.18. The summed E-state index contributed by atoms with van der Waals surface area (Å²) < 4.78 is 5.30. The van der Waals surface area contributed by atoms with Gasteiger partial charge < -0.3 is 14.5 Å². The van der Waals surface area contributed by atoms with Gasteiger partial charge in [-0.3, -0.25) is 19.4 Å². The normalized spacial score (nSPS) is 24.5. The van der Waals surface area contributed by atoms with Gasteiger partial charge in [0.2, 0.25) is 11.8 Å². The summed E-state index contributed by atoms with van der Waals surface area (Å²) in [6.07, 6.45) is 2.26. The summed E-state index contributed by atoms with van der Waals surface area (Å²) in [4.78, 5) is 33.1. The molecule has 0 radical (unpaired) electrons. The van der Waals surface area contributed by atoms with Crippen molar-refractivity contribution in [1.82, 2.24) is 19.6 Å². The zero-order valence-electron chi connectivity index (χ0n) is 15.5. The van der Waals surface area contributed by atoms with Crippen LogP contribution in [0.5, 0.6) is 0 Å². The van der Waals surface area contributed by atoms with Crippen LogP contribution < -0.4 is 0 Å². The zero-order valence-corrected chi connectivity index (χ0v) is 15.5. The van der Waals surface area contributed by atoms with E-state index in [4.69, 9.17) is 4.74 Å². The summed E-state index contributed by atoms with van der Waals surface area (Å²) in [5.41, 5.74) is 0. The van der Waals surface area contributed by atoms with Gasteiger partial charge in [-0.15, -0.1) is 0 Å². The number of carbonyl (C=O) groups excluding carboxylic acids is 2. The van der Waals surface area contributed by atoms with Crippen LogP contribution in [-0.4, -0.2) is 110 Å². The first kappa shape index (κ1) is 18.6. The standard InChI is InChI=1S/C18H32N4O3/c1-16-2-4-21(5-3-16)17(23)14-19-6-8-20(9-7-19)15-18(24)22-10-12-25-13-11-22/h16H,2-15H2,1H3. The van der Waals surface area contributed by atoms with Gasteiger partial charge in [-0.05, 0) is 18.8 Å². The van der Waals surface area contributed by atoms with Crippen molar-refractivity contribution in [3.63, 3.8) is 0 Å². The van der Waals surface area contributed by atoms with Crippen molar-refractivity contribution in [1.29, 1.82) is 0 Å². The van der Waals surface area contributed by atoms with Crippen LogP contribution in [0.4, 0.5) is 0 Å². The van der Waals surface area contributed by atoms with Crippen molar-refractivity contribution in [3.05, 3.63) is 0 Å². The third-order valence-corrected chi connectivity index (χ3v) is 5.68. The number of rotatable bonds is 4. The van der Waals surface area contributed by atoms with Gasteiger partial charge in [0.1, 0.15) is 0 Å². The Bertz CT molecular complexity index is 451. The molecule has 0 unspecified atom stereocenters. The smallest absolute Gasteiger partial charge is 0.236 e. The van der Waals surface area contributed by atoms with Crippen molar-refractivity contribution in [2.24, 2.45) is 5.92 Å². The highest BCUT2D eigenvalue weighted by atomic mass is 16.5. The first-order valence-corrected chi connectivity index (χ1v) is 9.70. The van der Waals surface area contributed by atoms with Crippen LogP contribution in [0.15, 0.2) is 0 Å². The first-order chi connectivity index (χ1) is 12.1. The fourth-order valence-corrected chi connectivity index (χ4v) is 3.76. The second-order valence-corrected chi connectivity index (χ2v) is 7.61. The molecule has 7 nitrogen and oxygen atoms in total. The predicted molar refractivity (Wildman–Crippen MR) is 95.3 cm³/mol. The number of piperazine rings is 1. The van der Waals surface area contributed by atoms with Crippen LogP contribution in [0.3, 0.4) is 0 Å². The van der Waals surface area contributed by atoms with Crippen LogP contribution in [-0.2, 0) is 14.3 Å². The molecule has 0 N–H and O–H groups in total. The van der Waals surface area contributed by atoms with Crippen LogP contribution in [0.25, 0.3) is 0 Å². The maximum Gasteiger partial charge on any atom is 0.236 e. The molecule has 3 aliphatic rings. The highest BCUT2D eigenvalue weighted by Gasteiger charge is 2.26. The van der Waals surface area contributed by atoms with E-state index in [0.29, 0.717) is 39.4 Å². The van der Waals surface area contributed by atoms with Crippen molar-refractivity contribution in [3.8, 4) is 0 Å². The predicted octanol–water partition coefficient (Wildman–Crippen LogP) is -0.279. The number of hydrogen-bond acceptors (Lipinski definition) is 5. The number of hydrogen-bond donors (Lipinski definition) is 0. The number of morpholine rings is 1. The van der Waals surface area contributed by atoms with E-state index in [-0.39, 0.29) is 11.8 Å². The Morgan fingerprint density at radius 3 is 1.68 bits per heavy atom. The van der Waals surface area contributed by atoms with E-state index in [1.54, 1.807) is 0 Å². The average Bonchev–Trinajstić information content (AvgIpc) is 2.64. The topological polar surface area (TPSA) is 56.3 Å². The quantitative estimate of drug-likeness (QED) is 0.697. The molecular formula is C18H32N4O3. The van der Waals surface area contributed by atoms with Crippen molar-refractivity contribution in [2.75, 3.05) is 78.7 Å². The summed E-state index contributed by atoms with van der Waals surface area (Å²) in [7, 11) is 0. The molecular weight excluding hydrogens is 320 g/mol. The van der Waals surface area contributed by atoms with E-state index in [1.807, 2.05) is 9.80 Å². The van der Waals surface area contributed by atoms with E-state index in [1.165, 1.54) is 0 Å². The third-order valence-electron chi connectivity index (χ3n) is 5.68. The monoisotopic (exact) mass is 352 g/mol. The molecule has 0 spiro atoms. The lowest BCUT2D eigenvalue weighted by Gasteiger charge is -2.37. The molecule has 3 aliphatic heterocycles. The molecule has 25 heavy (non-hydrogen) atoms. The Kier molecular flexibility index (Phi) is 6.67. The van der Waals surface area contributed by atoms with Gasteiger partial charge in [0, 0.05) is 52.4 Å². The summed E-state index contributed by atoms with van der Waals surface area (Å²) in [6, 6.07) is 0. The van der Waals surface area contributed by atoms with Crippen LogP contribution in [0, 0.1) is 5.92 Å². The van der Waals surface area contributed by atoms with E-state index < -0.39 is 0 Å². The lowest BCUT2D eigenvalue weighted by molar-refractivity contribution is -0.138. The SMILES string of the molecule is CC1CCN(C(=O)CN2CCN(CC(=O)N3CCOCC3)CC2)CC1. The molecule has 2 amide bonds. The van der Waals surface area contributed by atoms with Gasteiger partial charge >= 0.3 is 0 Å². The van der Waals surface area contributed by atoms with Crippen LogP contribution >= 0.6 is 0 Å². The summed E-state index contributed by atoms with van der Waals surface area (Å²) >= 11 is 0. The van der Waals surface area contributed by atoms with Gasteiger partial charge in [-0.25, -0.2) is 0 Å². The second-order valence-electron chi connectivity index (χ2n) is 7.61. The number of likely N-dealkylation sites (tertiary alicyclic amines) is 1. The summed E-state index contributed by atoms with van der Waals surface area (Å²) in [6.45, 7) is 11.3. The fourth-order valence-electron chi connectivity index (χ4n) is 3.76. The highest BCUT2D eigenvalue weighted by molar-refractivity contribution is 5.79. The number of piperidine rings is 1. The Morgan fingerprint density at radius 2 is 1.20 bits per heavy atom. The third kappa shape index (κ3) is 5.39. The molecule has 0 bridgehead atoms. The number of carbonyl (C=O) groups is 2. The van der Waals surface area contributed by atoms with Gasteiger partial charge in [-0.2, -0.15) is 0 Å². The minimum absolute atomic E-state index is 0.204. The minimum Gasteiger partial charge on any atom is -0.378 e. The fraction of sp³-hybridized carbons (Fsp3) is 0.889. The van der Waals surface area contributed by atoms with E-state index in [2.05, 4.69) is 16.7 Å². The average molecular weight is 352 g/mol. The number of amides is 2. The Morgan fingerprint density at radius 1 is 0.760 bits per heavy atom. The molecule has 3 saturated heterocycles. The highest BCUT2D eigenvalue weighted by Crippen LogP contribution is 2.16. The lowest BCUT2D eigenvalue weighted by Crippen LogP contribution is -2.53. The van der Waals surface area contributed by atoms with Gasteiger partial charge in [0.25, 0.3) is 0 Å². The molecule has 142 valence electrons. The van der Waals surface area contributed by atoms with E-state index in [9.17, 15) is 9.59 Å². The molecule has 7 heteroatoms. The molecule has 3 rings (SSSR count). The first-order valence-electron chi connectivity index (χ1n) is 9.70. The minimum atomic E-state index is 0.204. The van der Waals surface area contributed by atoms with Crippen molar-refractivity contribution in [2.45, 2.75) is 19.8 Å². The zero-order chi connectivity index (χ0) is 17.6. The van der Waals surface area contributed by atoms with Crippen LogP contribution in [0.1, 0.15) is 19.8 Å². The molecule has 0 aromatic rings. The molecule has 0 atom stereocenters. The van der Waals surface area contributed by atoms with Gasteiger partial charge in [-0.1, -0.05) is 6.92 Å². The largest absolute Gasteiger partial charge is 0.378 e. The maximum absolute atomic E-state index is 12.4.